The second-order valence-electron chi connectivity index (χ2n) is 5.02. The summed E-state index contributed by atoms with van der Waals surface area (Å²) in [6, 6.07) is 11.7. The number of methoxy groups -OCH3 is 1. The van der Waals surface area contributed by atoms with Crippen LogP contribution < -0.4 is 10.1 Å². The third-order valence-electron chi connectivity index (χ3n) is 3.42. The maximum atomic E-state index is 6.22. The number of guanidine groups is 1. The number of halogens is 1. The van der Waals surface area contributed by atoms with Crippen LogP contribution in [0.5, 0.6) is 5.88 Å². The maximum absolute atomic E-state index is 6.22. The molecule has 5 nitrogen and oxygen atoms in total. The number of hydrogen-bond acceptors (Lipinski definition) is 3. The summed E-state index contributed by atoms with van der Waals surface area (Å²) in [6.07, 6.45) is 1.71. The molecule has 0 radical (unpaired) electrons. The fourth-order valence-electron chi connectivity index (χ4n) is 2.26. The van der Waals surface area contributed by atoms with Gasteiger partial charge in [0.05, 0.1) is 7.11 Å². The third-order valence-corrected chi connectivity index (χ3v) is 3.79. The molecule has 1 N–H and O–H groups in total. The molecule has 0 aliphatic heterocycles. The molecule has 0 atom stereocenters. The summed E-state index contributed by atoms with van der Waals surface area (Å²) in [6.45, 7) is 1.25. The second kappa shape index (κ2) is 8.39. The van der Waals surface area contributed by atoms with E-state index in [2.05, 4.69) is 15.3 Å². The Labute approximate surface area is 142 Å². The number of aromatic nitrogens is 1. The molecule has 0 unspecified atom stereocenters. The highest BCUT2D eigenvalue weighted by Crippen LogP contribution is 2.17. The molecule has 6 heteroatoms. The molecule has 2 aromatic rings. The number of nitrogens with zero attached hydrogens (tertiary/aromatic N) is 3. The van der Waals surface area contributed by atoms with Crippen molar-refractivity contribution < 1.29 is 4.74 Å². The molecule has 2 rings (SSSR count). The van der Waals surface area contributed by atoms with Crippen LogP contribution in [0.4, 0.5) is 0 Å². The summed E-state index contributed by atoms with van der Waals surface area (Å²) in [5, 5.41) is 4.07. The van der Waals surface area contributed by atoms with Gasteiger partial charge in [-0.25, -0.2) is 4.98 Å². The lowest BCUT2D eigenvalue weighted by atomic mass is 10.2. The minimum absolute atomic E-state index is 0.580. The van der Waals surface area contributed by atoms with E-state index >= 15 is 0 Å². The maximum Gasteiger partial charge on any atom is 0.218 e. The van der Waals surface area contributed by atoms with Gasteiger partial charge in [0.2, 0.25) is 5.88 Å². The van der Waals surface area contributed by atoms with Crippen molar-refractivity contribution in [2.45, 2.75) is 13.1 Å². The number of hydrogen-bond donors (Lipinski definition) is 1. The summed E-state index contributed by atoms with van der Waals surface area (Å²) >= 11 is 6.22. The summed E-state index contributed by atoms with van der Waals surface area (Å²) in [5.74, 6) is 1.39. The van der Waals surface area contributed by atoms with Crippen LogP contribution in [-0.4, -0.2) is 37.0 Å². The number of aliphatic imine (C=N–C) groups is 1. The molecule has 0 spiro atoms. The van der Waals surface area contributed by atoms with Crippen LogP contribution in [0.3, 0.4) is 0 Å². The van der Waals surface area contributed by atoms with Gasteiger partial charge in [0.25, 0.3) is 0 Å². The standard InChI is InChI=1S/C17H21ClN4O/c1-19-17(21-11-13-8-6-10-20-16(13)23-3)22(2)12-14-7-4-5-9-15(14)18/h4-10H,11-12H2,1-3H3,(H,19,21). The zero-order valence-corrected chi connectivity index (χ0v) is 14.3. The Balaban J connectivity index is 2.01. The van der Waals surface area contributed by atoms with E-state index in [1.807, 2.05) is 48.3 Å². The molecular weight excluding hydrogens is 312 g/mol. The zero-order valence-electron chi connectivity index (χ0n) is 13.6. The van der Waals surface area contributed by atoms with E-state index in [4.69, 9.17) is 16.3 Å². The molecule has 0 aliphatic carbocycles. The molecule has 1 aromatic heterocycles. The lowest BCUT2D eigenvalue weighted by Crippen LogP contribution is -2.38. The van der Waals surface area contributed by atoms with E-state index in [0.717, 1.165) is 22.1 Å². The Bertz CT molecular complexity index is 675. The highest BCUT2D eigenvalue weighted by molar-refractivity contribution is 6.31. The smallest absolute Gasteiger partial charge is 0.218 e. The quantitative estimate of drug-likeness (QED) is 0.675. The van der Waals surface area contributed by atoms with Gasteiger partial charge in [-0.05, 0) is 17.7 Å². The molecule has 0 aliphatic rings. The topological polar surface area (TPSA) is 49.8 Å². The minimum atomic E-state index is 0.580. The first-order chi connectivity index (χ1) is 11.2. The molecule has 0 saturated carbocycles. The second-order valence-corrected chi connectivity index (χ2v) is 5.43. The average molecular weight is 333 g/mol. The number of nitrogens with one attached hydrogen (secondary N) is 1. The first-order valence-electron chi connectivity index (χ1n) is 7.28. The van der Waals surface area contributed by atoms with Gasteiger partial charge in [-0.15, -0.1) is 0 Å². The van der Waals surface area contributed by atoms with Crippen LogP contribution in [-0.2, 0) is 13.1 Å². The first kappa shape index (κ1) is 17.1. The molecule has 0 amide bonds. The van der Waals surface area contributed by atoms with Gasteiger partial charge in [-0.1, -0.05) is 35.9 Å². The van der Waals surface area contributed by atoms with Crippen molar-refractivity contribution in [1.82, 2.24) is 15.2 Å². The van der Waals surface area contributed by atoms with E-state index in [0.29, 0.717) is 19.0 Å². The Kier molecular flexibility index (Phi) is 6.23. The van der Waals surface area contributed by atoms with Crippen LogP contribution in [0, 0.1) is 0 Å². The van der Waals surface area contributed by atoms with Crippen LogP contribution in [0.2, 0.25) is 5.02 Å². The van der Waals surface area contributed by atoms with Gasteiger partial charge in [-0.2, -0.15) is 0 Å². The summed E-state index contributed by atoms with van der Waals surface area (Å²) in [7, 11) is 5.34. The Morgan fingerprint density at radius 3 is 2.70 bits per heavy atom. The van der Waals surface area contributed by atoms with Gasteiger partial charge in [0.1, 0.15) is 0 Å². The van der Waals surface area contributed by atoms with Crippen molar-refractivity contribution in [1.29, 1.82) is 0 Å². The van der Waals surface area contributed by atoms with E-state index in [-0.39, 0.29) is 0 Å². The molecule has 0 saturated heterocycles. The monoisotopic (exact) mass is 332 g/mol. The summed E-state index contributed by atoms with van der Waals surface area (Å²) in [4.78, 5) is 10.5. The van der Waals surface area contributed by atoms with Crippen molar-refractivity contribution in [3.63, 3.8) is 0 Å². The van der Waals surface area contributed by atoms with Gasteiger partial charge < -0.3 is 15.0 Å². The van der Waals surface area contributed by atoms with Crippen LogP contribution in [0.1, 0.15) is 11.1 Å². The van der Waals surface area contributed by atoms with E-state index < -0.39 is 0 Å². The lowest BCUT2D eigenvalue weighted by Gasteiger charge is -2.23. The van der Waals surface area contributed by atoms with Gasteiger partial charge >= 0.3 is 0 Å². The Morgan fingerprint density at radius 1 is 1.26 bits per heavy atom. The molecular formula is C17H21ClN4O. The van der Waals surface area contributed by atoms with Crippen LogP contribution in [0.15, 0.2) is 47.6 Å². The van der Waals surface area contributed by atoms with Gasteiger partial charge in [0.15, 0.2) is 5.96 Å². The fraction of sp³-hybridized carbons (Fsp3) is 0.294. The van der Waals surface area contributed by atoms with Gasteiger partial charge in [-0.3, -0.25) is 4.99 Å². The normalized spacial score (nSPS) is 11.2. The number of pyridine rings is 1. The molecule has 1 aromatic carbocycles. The predicted octanol–water partition coefficient (Wildman–Crippen LogP) is 2.95. The van der Waals surface area contributed by atoms with Gasteiger partial charge in [0, 0.05) is 44.0 Å². The van der Waals surface area contributed by atoms with E-state index in [9.17, 15) is 0 Å². The van der Waals surface area contributed by atoms with Crippen molar-refractivity contribution in [2.75, 3.05) is 21.2 Å². The highest BCUT2D eigenvalue weighted by atomic mass is 35.5. The van der Waals surface area contributed by atoms with E-state index in [1.165, 1.54) is 0 Å². The summed E-state index contributed by atoms with van der Waals surface area (Å²) in [5.41, 5.74) is 2.03. The van der Waals surface area contributed by atoms with Crippen molar-refractivity contribution in [3.05, 3.63) is 58.7 Å². The van der Waals surface area contributed by atoms with Crippen molar-refractivity contribution >= 4 is 17.6 Å². The summed E-state index contributed by atoms with van der Waals surface area (Å²) < 4.78 is 5.26. The molecule has 0 bridgehead atoms. The van der Waals surface area contributed by atoms with E-state index in [1.54, 1.807) is 20.4 Å². The number of rotatable bonds is 5. The predicted molar refractivity (Wildman–Crippen MR) is 93.9 cm³/mol. The fourth-order valence-corrected chi connectivity index (χ4v) is 2.45. The van der Waals surface area contributed by atoms with Crippen molar-refractivity contribution in [2.24, 2.45) is 4.99 Å². The Morgan fingerprint density at radius 2 is 2.00 bits per heavy atom. The first-order valence-corrected chi connectivity index (χ1v) is 7.66. The number of ether oxygens (including phenoxy) is 1. The lowest BCUT2D eigenvalue weighted by molar-refractivity contribution is 0.391. The number of benzene rings is 1. The minimum Gasteiger partial charge on any atom is -0.481 e. The Hall–Kier alpha value is -2.27. The molecule has 23 heavy (non-hydrogen) atoms. The van der Waals surface area contributed by atoms with Crippen molar-refractivity contribution in [3.8, 4) is 5.88 Å². The van der Waals surface area contributed by atoms with Crippen LogP contribution in [0.25, 0.3) is 0 Å². The zero-order chi connectivity index (χ0) is 16.7. The molecule has 1 heterocycles. The SMILES string of the molecule is CN=C(NCc1cccnc1OC)N(C)Cc1ccccc1Cl. The highest BCUT2D eigenvalue weighted by Gasteiger charge is 2.10. The largest absolute Gasteiger partial charge is 0.481 e. The molecule has 0 fully saturated rings. The third kappa shape index (κ3) is 4.60. The molecule has 122 valence electrons. The van der Waals surface area contributed by atoms with Crippen LogP contribution >= 0.6 is 11.6 Å². The average Bonchev–Trinajstić information content (AvgIpc) is 2.58.